The van der Waals surface area contributed by atoms with Gasteiger partial charge in [-0.25, -0.2) is 0 Å². The van der Waals surface area contributed by atoms with Gasteiger partial charge >= 0.3 is 6.18 Å². The molecular weight excluding hydrogens is 529 g/mol. The maximum atomic E-state index is 13.9. The number of rotatable bonds is 7. The molecule has 1 saturated carbocycles. The van der Waals surface area contributed by atoms with Gasteiger partial charge in [0.2, 0.25) is 5.91 Å². The Kier molecular flexibility index (Phi) is 8.19. The second-order valence-corrected chi connectivity index (χ2v) is 10.9. The number of aromatic nitrogens is 1. The van der Waals surface area contributed by atoms with E-state index in [1.54, 1.807) is 12.3 Å². The summed E-state index contributed by atoms with van der Waals surface area (Å²) in [5.41, 5.74) is -0.623. The minimum Gasteiger partial charge on any atom is -0.360 e. The van der Waals surface area contributed by atoms with Crippen LogP contribution in [0.1, 0.15) is 54.4 Å². The van der Waals surface area contributed by atoms with Crippen molar-refractivity contribution in [3.8, 4) is 0 Å². The van der Waals surface area contributed by atoms with E-state index in [1.165, 1.54) is 56.0 Å². The van der Waals surface area contributed by atoms with Gasteiger partial charge in [0, 0.05) is 35.2 Å². The predicted octanol–water partition coefficient (Wildman–Crippen LogP) is 6.26. The summed E-state index contributed by atoms with van der Waals surface area (Å²) >= 11 is 6.14. The van der Waals surface area contributed by atoms with Crippen LogP contribution in [0.4, 0.5) is 18.9 Å². The number of aromatic amines is 1. The molecule has 1 aliphatic carbocycles. The molecule has 10 heteroatoms. The van der Waals surface area contributed by atoms with E-state index in [4.69, 9.17) is 11.6 Å². The van der Waals surface area contributed by atoms with E-state index < -0.39 is 30.1 Å². The lowest BCUT2D eigenvalue weighted by Crippen LogP contribution is -2.45. The zero-order valence-electron chi connectivity index (χ0n) is 21.6. The molecule has 0 radical (unpaired) electrons. The van der Waals surface area contributed by atoms with Crippen LogP contribution in [0.15, 0.2) is 48.7 Å². The quantitative estimate of drug-likeness (QED) is 0.358. The molecule has 2 heterocycles. The van der Waals surface area contributed by atoms with Crippen LogP contribution in [0.2, 0.25) is 5.02 Å². The van der Waals surface area contributed by atoms with Crippen molar-refractivity contribution in [1.29, 1.82) is 0 Å². The van der Waals surface area contributed by atoms with Crippen molar-refractivity contribution in [2.24, 2.45) is 5.92 Å². The van der Waals surface area contributed by atoms with E-state index in [-0.39, 0.29) is 11.3 Å². The maximum absolute atomic E-state index is 13.9. The summed E-state index contributed by atoms with van der Waals surface area (Å²) < 4.78 is 41.7. The molecule has 0 spiro atoms. The fourth-order valence-electron chi connectivity index (χ4n) is 5.84. The first-order valence-corrected chi connectivity index (χ1v) is 13.8. The lowest BCUT2D eigenvalue weighted by Gasteiger charge is -2.36. The van der Waals surface area contributed by atoms with Gasteiger partial charge in [-0.15, -0.1) is 0 Å². The van der Waals surface area contributed by atoms with Crippen LogP contribution in [0, 0.1) is 5.92 Å². The normalized spacial score (nSPS) is 17.5. The average molecular weight is 561 g/mol. The molecule has 1 saturated heterocycles. The number of anilines is 1. The number of alkyl halides is 3. The Bertz CT molecular complexity index is 1330. The van der Waals surface area contributed by atoms with E-state index in [0.29, 0.717) is 34.4 Å². The molecule has 1 aromatic heterocycles. The third kappa shape index (κ3) is 6.25. The molecule has 0 bridgehead atoms. The topological polar surface area (TPSA) is 68.4 Å². The Morgan fingerprint density at radius 2 is 1.77 bits per heavy atom. The number of hydrogen-bond acceptors (Lipinski definition) is 3. The third-order valence-electron chi connectivity index (χ3n) is 8.00. The van der Waals surface area contributed by atoms with Gasteiger partial charge in [-0.2, -0.15) is 13.2 Å². The van der Waals surface area contributed by atoms with Crippen molar-refractivity contribution in [3.05, 3.63) is 64.8 Å². The molecule has 6 nitrogen and oxygen atoms in total. The minimum absolute atomic E-state index is 0.144. The molecule has 2 aliphatic rings. The molecule has 1 aliphatic heterocycles. The van der Waals surface area contributed by atoms with E-state index in [0.717, 1.165) is 36.9 Å². The molecule has 0 atom stereocenters. The van der Waals surface area contributed by atoms with Crippen LogP contribution in [-0.2, 0) is 11.0 Å². The summed E-state index contributed by atoms with van der Waals surface area (Å²) in [6, 6.07) is 10.2. The van der Waals surface area contributed by atoms with E-state index in [2.05, 4.69) is 15.2 Å². The van der Waals surface area contributed by atoms with Gasteiger partial charge in [-0.3, -0.25) is 14.5 Å². The first-order chi connectivity index (χ1) is 18.7. The van der Waals surface area contributed by atoms with Gasteiger partial charge < -0.3 is 15.2 Å². The lowest BCUT2D eigenvalue weighted by atomic mass is 9.95. The number of carbonyl (C=O) groups excluding carboxylic acids is 2. The van der Waals surface area contributed by atoms with Crippen molar-refractivity contribution < 1.29 is 22.8 Å². The molecule has 208 valence electrons. The van der Waals surface area contributed by atoms with Crippen molar-refractivity contribution in [1.82, 2.24) is 15.2 Å². The fraction of sp³-hybridized carbons (Fsp3) is 0.448. The summed E-state index contributed by atoms with van der Waals surface area (Å²) in [5, 5.41) is 4.03. The molecule has 2 fully saturated rings. The van der Waals surface area contributed by atoms with E-state index in [1.807, 2.05) is 0 Å². The van der Waals surface area contributed by atoms with Crippen LogP contribution in [0.25, 0.3) is 10.9 Å². The summed E-state index contributed by atoms with van der Waals surface area (Å²) in [6.07, 6.45) is 3.91. The second kappa shape index (κ2) is 11.6. The highest BCUT2D eigenvalue weighted by atomic mass is 35.5. The number of amides is 2. The summed E-state index contributed by atoms with van der Waals surface area (Å²) in [6.45, 7) is 1.91. The number of fused-ring (bicyclic) bond motifs is 1. The van der Waals surface area contributed by atoms with Crippen LogP contribution in [0.5, 0.6) is 0 Å². The number of halogens is 4. The molecule has 3 aromatic rings. The van der Waals surface area contributed by atoms with Gasteiger partial charge in [0.15, 0.2) is 0 Å². The Balaban J connectivity index is 1.31. The van der Waals surface area contributed by atoms with Gasteiger partial charge in [-0.05, 0) is 69.0 Å². The van der Waals surface area contributed by atoms with Crippen LogP contribution in [-0.4, -0.2) is 53.9 Å². The Morgan fingerprint density at radius 3 is 2.49 bits per heavy atom. The van der Waals surface area contributed by atoms with E-state index >= 15 is 0 Å². The van der Waals surface area contributed by atoms with Crippen molar-refractivity contribution in [3.63, 3.8) is 0 Å². The molecule has 0 unspecified atom stereocenters. The highest BCUT2D eigenvalue weighted by Crippen LogP contribution is 2.37. The average Bonchev–Trinajstić information content (AvgIpc) is 3.60. The smallest absolute Gasteiger partial charge is 0.360 e. The third-order valence-corrected chi connectivity index (χ3v) is 8.32. The largest absolute Gasteiger partial charge is 0.418 e. The van der Waals surface area contributed by atoms with Crippen LogP contribution < -0.4 is 10.2 Å². The zero-order chi connectivity index (χ0) is 27.6. The van der Waals surface area contributed by atoms with Gasteiger partial charge in [0.1, 0.15) is 6.54 Å². The van der Waals surface area contributed by atoms with E-state index in [9.17, 15) is 22.8 Å². The lowest BCUT2D eigenvalue weighted by molar-refractivity contribution is -0.137. The number of nitrogens with one attached hydrogen (secondary N) is 2. The Hall–Kier alpha value is -3.04. The summed E-state index contributed by atoms with van der Waals surface area (Å²) in [5.74, 6) is -0.903. The number of likely N-dealkylation sites (tertiary alicyclic amines) is 1. The van der Waals surface area contributed by atoms with Crippen LogP contribution >= 0.6 is 11.6 Å². The fourth-order valence-corrected chi connectivity index (χ4v) is 6.06. The monoisotopic (exact) mass is 560 g/mol. The number of para-hydroxylation sites is 1. The maximum Gasteiger partial charge on any atom is 0.418 e. The van der Waals surface area contributed by atoms with Gasteiger partial charge in [0.25, 0.3) is 5.91 Å². The summed E-state index contributed by atoms with van der Waals surface area (Å²) in [4.78, 5) is 33.0. The highest BCUT2D eigenvalue weighted by Gasteiger charge is 2.36. The number of hydrogen-bond donors (Lipinski definition) is 2. The first-order valence-electron chi connectivity index (χ1n) is 13.5. The number of piperidine rings is 1. The zero-order valence-corrected chi connectivity index (χ0v) is 22.3. The predicted molar refractivity (Wildman–Crippen MR) is 146 cm³/mol. The first kappa shape index (κ1) is 27.5. The van der Waals surface area contributed by atoms with Crippen molar-refractivity contribution >= 4 is 40.0 Å². The van der Waals surface area contributed by atoms with Crippen LogP contribution in [0.3, 0.4) is 0 Å². The standard InChI is InChI=1S/C29H32ClF3N4O2/c30-24-17-34-25-15-20(9-10-22(24)25)28(39)37(26-8-4-3-7-23(26)29(31,32)33)18-27(38)35-16-19-11-13-36(14-12-19)21-5-1-2-6-21/h3-4,7-10,15,17,19,21,34H,1-2,5-6,11-14,16,18H2,(H,35,38). The number of H-pyrrole nitrogens is 1. The van der Waals surface area contributed by atoms with Gasteiger partial charge in [0.05, 0.1) is 16.3 Å². The molecule has 2 aromatic carbocycles. The Morgan fingerprint density at radius 1 is 1.05 bits per heavy atom. The Labute approximate surface area is 230 Å². The molecule has 5 rings (SSSR count). The molecule has 39 heavy (non-hydrogen) atoms. The van der Waals surface area contributed by atoms with Gasteiger partial charge in [-0.1, -0.05) is 42.6 Å². The second-order valence-electron chi connectivity index (χ2n) is 10.5. The molecule has 2 amide bonds. The number of carbonyl (C=O) groups is 2. The molecule has 2 N–H and O–H groups in total. The minimum atomic E-state index is -4.70. The highest BCUT2D eigenvalue weighted by molar-refractivity contribution is 6.35. The number of nitrogens with zero attached hydrogens (tertiary/aromatic N) is 2. The number of benzene rings is 2. The van der Waals surface area contributed by atoms with Crippen molar-refractivity contribution in [2.75, 3.05) is 31.1 Å². The SMILES string of the molecule is O=C(CN(C(=O)c1ccc2c(Cl)c[nH]c2c1)c1ccccc1C(F)(F)F)NCC1CCN(C2CCCC2)CC1. The van der Waals surface area contributed by atoms with Crippen molar-refractivity contribution in [2.45, 2.75) is 50.7 Å². The summed E-state index contributed by atoms with van der Waals surface area (Å²) in [7, 11) is 0. The molecular formula is C29H32ClF3N4O2.